The lowest BCUT2D eigenvalue weighted by Crippen LogP contribution is -2.32. The van der Waals surface area contributed by atoms with E-state index in [1.165, 1.54) is 0 Å². The van der Waals surface area contributed by atoms with Crippen LogP contribution in [0.5, 0.6) is 0 Å². The van der Waals surface area contributed by atoms with Gasteiger partial charge in [-0.3, -0.25) is 4.79 Å². The molecule has 2 rings (SSSR count). The summed E-state index contributed by atoms with van der Waals surface area (Å²) in [6, 6.07) is 0. The van der Waals surface area contributed by atoms with Crippen molar-refractivity contribution in [3.63, 3.8) is 0 Å². The van der Waals surface area contributed by atoms with Crippen molar-refractivity contribution < 1.29 is 9.53 Å². The number of rotatable bonds is 2. The van der Waals surface area contributed by atoms with Gasteiger partial charge in [-0.15, -0.1) is 6.58 Å². The highest BCUT2D eigenvalue weighted by Crippen LogP contribution is 2.52. The summed E-state index contributed by atoms with van der Waals surface area (Å²) in [5.41, 5.74) is -0.279. The Morgan fingerprint density at radius 2 is 2.18 bits per heavy atom. The Bertz CT molecular complexity index is 392. The van der Waals surface area contributed by atoms with Crippen molar-refractivity contribution in [3.05, 3.63) is 24.5 Å². The Morgan fingerprint density at radius 3 is 2.76 bits per heavy atom. The molecular weight excluding hydrogens is 212 g/mol. The molecule has 3 unspecified atom stereocenters. The van der Waals surface area contributed by atoms with Crippen LogP contribution in [0.25, 0.3) is 0 Å². The molecule has 2 nitrogen and oxygen atoms in total. The molecule has 0 amide bonds. The zero-order chi connectivity index (χ0) is 12.8. The topological polar surface area (TPSA) is 26.3 Å². The lowest BCUT2D eigenvalue weighted by atomic mass is 9.65. The number of hydrogen-bond donors (Lipinski definition) is 0. The first-order valence-electron chi connectivity index (χ1n) is 6.39. The molecule has 1 saturated heterocycles. The second-order valence-corrected chi connectivity index (χ2v) is 6.28. The van der Waals surface area contributed by atoms with E-state index in [4.69, 9.17) is 4.74 Å². The molecule has 1 aliphatic heterocycles. The van der Waals surface area contributed by atoms with Gasteiger partial charge in [0.2, 0.25) is 0 Å². The van der Waals surface area contributed by atoms with E-state index in [0.29, 0.717) is 5.92 Å². The van der Waals surface area contributed by atoms with Gasteiger partial charge in [-0.2, -0.15) is 0 Å². The number of esters is 1. The molecule has 0 saturated carbocycles. The van der Waals surface area contributed by atoms with E-state index in [0.717, 1.165) is 18.6 Å². The van der Waals surface area contributed by atoms with E-state index in [1.54, 1.807) is 0 Å². The summed E-state index contributed by atoms with van der Waals surface area (Å²) in [5, 5.41) is 0. The Morgan fingerprint density at radius 1 is 1.53 bits per heavy atom. The van der Waals surface area contributed by atoms with Gasteiger partial charge < -0.3 is 4.74 Å². The number of ether oxygens (including phenoxy) is 1. The lowest BCUT2D eigenvalue weighted by molar-refractivity contribution is -0.143. The number of carbonyl (C=O) groups is 1. The van der Waals surface area contributed by atoms with Crippen LogP contribution in [0, 0.1) is 22.7 Å². The van der Waals surface area contributed by atoms with Crippen LogP contribution in [0.4, 0.5) is 0 Å². The smallest absolute Gasteiger partial charge is 0.317 e. The maximum absolute atomic E-state index is 11.8. The molecule has 1 aliphatic carbocycles. The van der Waals surface area contributed by atoms with Gasteiger partial charge in [0.15, 0.2) is 0 Å². The summed E-state index contributed by atoms with van der Waals surface area (Å²) in [6.45, 7) is 12.2. The minimum Gasteiger partial charge on any atom is -0.431 e. The number of fused-ring (bicyclic) bond motifs is 1. The van der Waals surface area contributed by atoms with Crippen molar-refractivity contribution in [3.8, 4) is 0 Å². The third-order valence-corrected chi connectivity index (χ3v) is 4.79. The number of hydrogen-bond acceptors (Lipinski definition) is 2. The molecule has 94 valence electrons. The minimum atomic E-state index is -0.357. The lowest BCUT2D eigenvalue weighted by Gasteiger charge is -2.37. The summed E-state index contributed by atoms with van der Waals surface area (Å²) >= 11 is 0. The van der Waals surface area contributed by atoms with Crippen LogP contribution in [0.3, 0.4) is 0 Å². The number of allylic oxidation sites excluding steroid dienone is 3. The van der Waals surface area contributed by atoms with E-state index >= 15 is 0 Å². The van der Waals surface area contributed by atoms with E-state index in [1.807, 2.05) is 19.9 Å². The van der Waals surface area contributed by atoms with Crippen molar-refractivity contribution in [2.75, 3.05) is 0 Å². The van der Waals surface area contributed by atoms with E-state index in [-0.39, 0.29) is 22.7 Å². The zero-order valence-electron chi connectivity index (χ0n) is 11.2. The number of carbonyl (C=O) groups excluding carboxylic acids is 1. The third-order valence-electron chi connectivity index (χ3n) is 4.79. The van der Waals surface area contributed by atoms with Gasteiger partial charge in [-0.1, -0.05) is 19.9 Å². The summed E-state index contributed by atoms with van der Waals surface area (Å²) in [7, 11) is 0. The fourth-order valence-electron chi connectivity index (χ4n) is 2.92. The van der Waals surface area contributed by atoms with E-state index < -0.39 is 0 Å². The van der Waals surface area contributed by atoms with Gasteiger partial charge in [-0.05, 0) is 44.1 Å². The van der Waals surface area contributed by atoms with Crippen LogP contribution >= 0.6 is 0 Å². The van der Waals surface area contributed by atoms with Crippen molar-refractivity contribution in [1.82, 2.24) is 0 Å². The molecule has 0 radical (unpaired) electrons. The summed E-state index contributed by atoms with van der Waals surface area (Å²) < 4.78 is 5.46. The third kappa shape index (κ3) is 1.74. The predicted molar refractivity (Wildman–Crippen MR) is 68.1 cm³/mol. The highest BCUT2D eigenvalue weighted by molar-refractivity contribution is 5.81. The predicted octanol–water partition coefficient (Wildman–Crippen LogP) is 3.69. The Hall–Kier alpha value is -1.05. The fourth-order valence-corrected chi connectivity index (χ4v) is 2.92. The van der Waals surface area contributed by atoms with Crippen LogP contribution in [0.1, 0.15) is 40.5 Å². The fraction of sp³-hybridized carbons (Fsp3) is 0.667. The average molecular weight is 234 g/mol. The van der Waals surface area contributed by atoms with E-state index in [2.05, 4.69) is 26.5 Å². The molecule has 3 atom stereocenters. The minimum absolute atomic E-state index is 0.0777. The second-order valence-electron chi connectivity index (χ2n) is 6.28. The normalized spacial score (nSPS) is 36.8. The Kier molecular flexibility index (Phi) is 2.72. The highest BCUT2D eigenvalue weighted by Gasteiger charge is 2.51. The average Bonchev–Trinajstić information content (AvgIpc) is 2.48. The van der Waals surface area contributed by atoms with Crippen molar-refractivity contribution in [2.24, 2.45) is 22.7 Å². The Labute approximate surface area is 104 Å². The van der Waals surface area contributed by atoms with Gasteiger partial charge in [0.1, 0.15) is 5.76 Å². The second kappa shape index (κ2) is 3.72. The van der Waals surface area contributed by atoms with Crippen LogP contribution < -0.4 is 0 Å². The first kappa shape index (κ1) is 12.4. The molecule has 0 spiro atoms. The summed E-state index contributed by atoms with van der Waals surface area (Å²) in [4.78, 5) is 11.8. The van der Waals surface area contributed by atoms with Crippen LogP contribution in [0.2, 0.25) is 0 Å². The molecule has 2 heteroatoms. The molecule has 0 bridgehead atoms. The SMILES string of the molecule is C=CC(C)C1(C)C=C2OC(=O)C(C)(C)C2CC1. The summed E-state index contributed by atoms with van der Waals surface area (Å²) in [5.74, 6) is 1.48. The first-order valence-corrected chi connectivity index (χ1v) is 6.39. The Balaban J connectivity index is 2.35. The van der Waals surface area contributed by atoms with Gasteiger partial charge >= 0.3 is 5.97 Å². The molecule has 0 aromatic heterocycles. The van der Waals surface area contributed by atoms with Gasteiger partial charge in [0.05, 0.1) is 5.41 Å². The summed E-state index contributed by atoms with van der Waals surface area (Å²) in [6.07, 6.45) is 6.27. The standard InChI is InChI=1S/C15H22O2/c1-6-10(2)15(5)8-7-11-12(9-15)17-13(16)14(11,3)4/h6,9-11H,1,7-8H2,2-5H3. The molecule has 1 fully saturated rings. The molecule has 0 N–H and O–H groups in total. The van der Waals surface area contributed by atoms with Crippen molar-refractivity contribution >= 4 is 5.97 Å². The molecule has 2 aliphatic rings. The quantitative estimate of drug-likeness (QED) is 0.538. The van der Waals surface area contributed by atoms with Crippen LogP contribution in [0.15, 0.2) is 24.5 Å². The largest absolute Gasteiger partial charge is 0.431 e. The molecular formula is C15H22O2. The van der Waals surface area contributed by atoms with Crippen molar-refractivity contribution in [2.45, 2.75) is 40.5 Å². The molecule has 0 aromatic rings. The molecule has 0 aromatic carbocycles. The molecule has 1 heterocycles. The van der Waals surface area contributed by atoms with Gasteiger partial charge in [0, 0.05) is 5.92 Å². The van der Waals surface area contributed by atoms with Gasteiger partial charge in [0.25, 0.3) is 0 Å². The van der Waals surface area contributed by atoms with Crippen LogP contribution in [-0.4, -0.2) is 5.97 Å². The monoisotopic (exact) mass is 234 g/mol. The van der Waals surface area contributed by atoms with E-state index in [9.17, 15) is 4.79 Å². The maximum Gasteiger partial charge on any atom is 0.317 e. The van der Waals surface area contributed by atoms with Gasteiger partial charge in [-0.25, -0.2) is 0 Å². The van der Waals surface area contributed by atoms with Crippen molar-refractivity contribution in [1.29, 1.82) is 0 Å². The highest BCUT2D eigenvalue weighted by atomic mass is 16.5. The zero-order valence-corrected chi connectivity index (χ0v) is 11.2. The van der Waals surface area contributed by atoms with Crippen LogP contribution in [-0.2, 0) is 9.53 Å². The maximum atomic E-state index is 11.8. The molecule has 17 heavy (non-hydrogen) atoms. The first-order chi connectivity index (χ1) is 7.81.